The molecule has 6 nitrogen and oxygen atoms in total. The van der Waals surface area contributed by atoms with Crippen molar-refractivity contribution in [3.63, 3.8) is 0 Å². The van der Waals surface area contributed by atoms with Gasteiger partial charge in [0.1, 0.15) is 6.61 Å². The van der Waals surface area contributed by atoms with Crippen molar-refractivity contribution in [2.24, 2.45) is 0 Å². The SMILES string of the molecule is Cc1ccccc1C(=O)OCCN1C(=O)c2cccc3c(N4CCCCC4)ccc(c23)C1=O. The van der Waals surface area contributed by atoms with Crippen molar-refractivity contribution in [1.82, 2.24) is 4.90 Å². The van der Waals surface area contributed by atoms with Crippen LogP contribution in [0.1, 0.15) is 55.9 Å². The number of imide groups is 1. The van der Waals surface area contributed by atoms with Crippen LogP contribution < -0.4 is 4.90 Å². The Hall–Kier alpha value is -3.67. The highest BCUT2D eigenvalue weighted by molar-refractivity contribution is 6.26. The third-order valence-electron chi connectivity index (χ3n) is 6.58. The standard InChI is InChI=1S/C27H26N2O4/c1-18-8-3-4-9-19(18)27(32)33-17-16-29-25(30)21-11-7-10-20-23(28-14-5-2-6-15-28)13-12-22(24(20)21)26(29)31/h3-4,7-13H,2,5-6,14-17H2,1H3. The summed E-state index contributed by atoms with van der Waals surface area (Å²) in [4.78, 5) is 42.4. The van der Waals surface area contributed by atoms with Crippen LogP contribution in [0, 0.1) is 6.92 Å². The zero-order chi connectivity index (χ0) is 22.9. The third kappa shape index (κ3) is 3.75. The minimum Gasteiger partial charge on any atom is -0.460 e. The molecule has 0 saturated carbocycles. The molecule has 5 rings (SSSR count). The van der Waals surface area contributed by atoms with E-state index in [1.165, 1.54) is 11.3 Å². The first-order valence-corrected chi connectivity index (χ1v) is 11.5. The van der Waals surface area contributed by atoms with Gasteiger partial charge in [-0.1, -0.05) is 30.3 Å². The Morgan fingerprint density at radius 3 is 2.36 bits per heavy atom. The maximum Gasteiger partial charge on any atom is 0.338 e. The fourth-order valence-corrected chi connectivity index (χ4v) is 4.85. The van der Waals surface area contributed by atoms with E-state index < -0.39 is 5.97 Å². The predicted molar refractivity (Wildman–Crippen MR) is 127 cm³/mol. The molecule has 2 aliphatic rings. The van der Waals surface area contributed by atoms with Gasteiger partial charge in [-0.05, 0) is 56.0 Å². The highest BCUT2D eigenvalue weighted by Gasteiger charge is 2.33. The highest BCUT2D eigenvalue weighted by Crippen LogP contribution is 2.36. The first-order chi connectivity index (χ1) is 16.1. The number of esters is 1. The zero-order valence-corrected chi connectivity index (χ0v) is 18.7. The van der Waals surface area contributed by atoms with Gasteiger partial charge < -0.3 is 9.64 Å². The Morgan fingerprint density at radius 1 is 0.879 bits per heavy atom. The molecule has 6 heteroatoms. The molecule has 0 spiro atoms. The molecule has 0 aromatic heterocycles. The quantitative estimate of drug-likeness (QED) is 0.427. The Bertz CT molecular complexity index is 1240. The summed E-state index contributed by atoms with van der Waals surface area (Å²) in [6.07, 6.45) is 3.53. The molecule has 0 bridgehead atoms. The average Bonchev–Trinajstić information content (AvgIpc) is 2.85. The lowest BCUT2D eigenvalue weighted by Crippen LogP contribution is -2.42. The number of ether oxygens (including phenoxy) is 1. The zero-order valence-electron chi connectivity index (χ0n) is 18.7. The predicted octanol–water partition coefficient (Wildman–Crippen LogP) is 4.59. The van der Waals surface area contributed by atoms with Crippen molar-refractivity contribution in [3.8, 4) is 0 Å². The van der Waals surface area contributed by atoms with Crippen LogP contribution in [-0.4, -0.2) is 48.9 Å². The van der Waals surface area contributed by atoms with E-state index >= 15 is 0 Å². The van der Waals surface area contributed by atoms with Gasteiger partial charge in [-0.2, -0.15) is 0 Å². The smallest absolute Gasteiger partial charge is 0.338 e. The van der Waals surface area contributed by atoms with Gasteiger partial charge in [0.15, 0.2) is 0 Å². The molecule has 1 saturated heterocycles. The van der Waals surface area contributed by atoms with Gasteiger partial charge in [-0.15, -0.1) is 0 Å². The maximum absolute atomic E-state index is 13.3. The molecule has 2 heterocycles. The van der Waals surface area contributed by atoms with Crippen LogP contribution in [0.5, 0.6) is 0 Å². The highest BCUT2D eigenvalue weighted by atomic mass is 16.5. The summed E-state index contributed by atoms with van der Waals surface area (Å²) in [5.41, 5.74) is 3.42. The molecule has 0 unspecified atom stereocenters. The normalized spacial score (nSPS) is 15.8. The number of piperidine rings is 1. The van der Waals surface area contributed by atoms with Crippen LogP contribution in [0.3, 0.4) is 0 Å². The van der Waals surface area contributed by atoms with Gasteiger partial charge in [0, 0.05) is 40.7 Å². The van der Waals surface area contributed by atoms with E-state index in [-0.39, 0.29) is 25.0 Å². The van der Waals surface area contributed by atoms with Crippen LogP contribution >= 0.6 is 0 Å². The summed E-state index contributed by atoms with van der Waals surface area (Å²) in [5, 5.41) is 1.67. The number of carbonyl (C=O) groups is 3. The topological polar surface area (TPSA) is 66.9 Å². The van der Waals surface area contributed by atoms with Gasteiger partial charge in [-0.3, -0.25) is 14.5 Å². The lowest BCUT2D eigenvalue weighted by molar-refractivity contribution is 0.0404. The third-order valence-corrected chi connectivity index (χ3v) is 6.58. The molecule has 0 aliphatic carbocycles. The molecular formula is C27H26N2O4. The van der Waals surface area contributed by atoms with Gasteiger partial charge >= 0.3 is 5.97 Å². The fourth-order valence-electron chi connectivity index (χ4n) is 4.85. The molecular weight excluding hydrogens is 416 g/mol. The monoisotopic (exact) mass is 442 g/mol. The lowest BCUT2D eigenvalue weighted by atomic mass is 9.92. The maximum atomic E-state index is 13.3. The number of aryl methyl sites for hydroxylation is 1. The number of nitrogens with zero attached hydrogens (tertiary/aromatic N) is 2. The Morgan fingerprint density at radius 2 is 1.61 bits per heavy atom. The van der Waals surface area contributed by atoms with E-state index in [2.05, 4.69) is 4.90 Å². The molecule has 3 aromatic rings. The van der Waals surface area contributed by atoms with Crippen LogP contribution in [0.15, 0.2) is 54.6 Å². The number of amides is 2. The van der Waals surface area contributed by atoms with E-state index in [4.69, 9.17) is 4.74 Å². The minimum atomic E-state index is -0.460. The first-order valence-electron chi connectivity index (χ1n) is 11.5. The Labute approximate surface area is 192 Å². The van der Waals surface area contributed by atoms with E-state index in [9.17, 15) is 14.4 Å². The first kappa shape index (κ1) is 21.2. The second-order valence-electron chi connectivity index (χ2n) is 8.62. The summed E-state index contributed by atoms with van der Waals surface area (Å²) < 4.78 is 5.38. The van der Waals surface area contributed by atoms with Crippen molar-refractivity contribution in [1.29, 1.82) is 0 Å². The second-order valence-corrected chi connectivity index (χ2v) is 8.62. The van der Waals surface area contributed by atoms with E-state index in [0.29, 0.717) is 16.7 Å². The van der Waals surface area contributed by atoms with E-state index in [1.807, 2.05) is 43.3 Å². The van der Waals surface area contributed by atoms with Crippen molar-refractivity contribution >= 4 is 34.2 Å². The van der Waals surface area contributed by atoms with E-state index in [0.717, 1.165) is 48.0 Å². The van der Waals surface area contributed by atoms with Crippen LogP contribution in [0.2, 0.25) is 0 Å². The summed E-state index contributed by atoms with van der Waals surface area (Å²) >= 11 is 0. The summed E-state index contributed by atoms with van der Waals surface area (Å²) in [6.45, 7) is 3.77. The Kier molecular flexibility index (Phi) is 5.58. The summed E-state index contributed by atoms with van der Waals surface area (Å²) in [6, 6.07) is 16.6. The van der Waals surface area contributed by atoms with E-state index in [1.54, 1.807) is 18.2 Å². The van der Waals surface area contributed by atoms with Crippen LogP contribution in [0.25, 0.3) is 10.8 Å². The van der Waals surface area contributed by atoms with Crippen LogP contribution in [-0.2, 0) is 4.74 Å². The number of hydrogen-bond acceptors (Lipinski definition) is 5. The number of rotatable bonds is 5. The largest absolute Gasteiger partial charge is 0.460 e. The number of anilines is 1. The van der Waals surface area contributed by atoms with Crippen LogP contribution in [0.4, 0.5) is 5.69 Å². The molecule has 2 aliphatic heterocycles. The van der Waals surface area contributed by atoms with Gasteiger partial charge in [0.25, 0.3) is 11.8 Å². The summed E-state index contributed by atoms with van der Waals surface area (Å²) in [5.74, 6) is -1.15. The molecule has 1 fully saturated rings. The summed E-state index contributed by atoms with van der Waals surface area (Å²) in [7, 11) is 0. The molecule has 0 radical (unpaired) electrons. The van der Waals surface area contributed by atoms with Crippen molar-refractivity contribution in [3.05, 3.63) is 76.9 Å². The minimum absolute atomic E-state index is 0.0129. The van der Waals surface area contributed by atoms with Crippen molar-refractivity contribution < 1.29 is 19.1 Å². The average molecular weight is 443 g/mol. The molecule has 0 N–H and O–H groups in total. The molecule has 3 aromatic carbocycles. The van der Waals surface area contributed by atoms with Gasteiger partial charge in [-0.25, -0.2) is 4.79 Å². The van der Waals surface area contributed by atoms with Crippen molar-refractivity contribution in [2.75, 3.05) is 31.1 Å². The number of benzene rings is 3. The molecule has 0 atom stereocenters. The molecule has 2 amide bonds. The molecule has 168 valence electrons. The molecule has 33 heavy (non-hydrogen) atoms. The second kappa shape index (κ2) is 8.70. The lowest BCUT2D eigenvalue weighted by Gasteiger charge is -2.32. The van der Waals surface area contributed by atoms with Gasteiger partial charge in [0.2, 0.25) is 0 Å². The van der Waals surface area contributed by atoms with Crippen molar-refractivity contribution in [2.45, 2.75) is 26.2 Å². The Balaban J connectivity index is 1.38. The number of hydrogen-bond donors (Lipinski definition) is 0. The number of carbonyl (C=O) groups excluding carboxylic acids is 3. The fraction of sp³-hybridized carbons (Fsp3) is 0.296. The van der Waals surface area contributed by atoms with Gasteiger partial charge in [0.05, 0.1) is 12.1 Å².